The van der Waals surface area contributed by atoms with Gasteiger partial charge in [0.25, 0.3) is 0 Å². The monoisotopic (exact) mass is 579 g/mol. The quantitative estimate of drug-likeness (QED) is 0.387. The third-order valence-corrected chi connectivity index (χ3v) is 12.3. The highest BCUT2D eigenvalue weighted by Gasteiger charge is 2.60. The van der Waals surface area contributed by atoms with Crippen LogP contribution in [0.1, 0.15) is 75.8 Å². The van der Waals surface area contributed by atoms with Crippen LogP contribution in [0.15, 0.2) is 24.3 Å². The Bertz CT molecular complexity index is 1060. The standard InChI is InChI=1S/C35H53N3O4/c1-21-3-5-23(6-4-21)20-42-26-8-10-28-25(17-26)7-9-29-33(36-22(2)37-34(28)29)24-11-13-38(14-12-24)15-16-41-27-18-30-31(19-27)32(30)35(39)40/h3-6,22,24-34,36-37H,7-20H2,1-2H3,(H,39,40)/t22?,25?,26?,27?,28?,29?,30-,31+,32?,33?,34?. The Morgan fingerprint density at radius 3 is 2.29 bits per heavy atom. The Balaban J connectivity index is 0.856. The largest absolute Gasteiger partial charge is 0.481 e. The number of carboxylic acid groups (broad SMARTS) is 1. The molecule has 0 spiro atoms. The molecule has 0 radical (unpaired) electrons. The first kappa shape index (κ1) is 29.2. The van der Waals surface area contributed by atoms with E-state index in [-0.39, 0.29) is 12.0 Å². The van der Waals surface area contributed by atoms with Gasteiger partial charge in [-0.3, -0.25) is 15.4 Å². The van der Waals surface area contributed by atoms with E-state index in [0.717, 1.165) is 56.3 Å². The number of likely N-dealkylation sites (tertiary alicyclic amines) is 1. The molecule has 6 fully saturated rings. The van der Waals surface area contributed by atoms with Gasteiger partial charge in [0, 0.05) is 18.6 Å². The highest BCUT2D eigenvalue weighted by Crippen LogP contribution is 2.58. The molecule has 7 heteroatoms. The Morgan fingerprint density at radius 1 is 0.833 bits per heavy atom. The highest BCUT2D eigenvalue weighted by atomic mass is 16.5. The summed E-state index contributed by atoms with van der Waals surface area (Å²) in [6.45, 7) is 9.38. The van der Waals surface area contributed by atoms with Crippen LogP contribution < -0.4 is 10.6 Å². The predicted molar refractivity (Wildman–Crippen MR) is 163 cm³/mol. The lowest BCUT2D eigenvalue weighted by Gasteiger charge is -2.55. The van der Waals surface area contributed by atoms with Crippen molar-refractivity contribution in [3.63, 3.8) is 0 Å². The summed E-state index contributed by atoms with van der Waals surface area (Å²) in [6, 6.07) is 10.1. The van der Waals surface area contributed by atoms with Crippen molar-refractivity contribution in [1.82, 2.24) is 15.5 Å². The lowest BCUT2D eigenvalue weighted by Crippen LogP contribution is -2.68. The summed E-state index contributed by atoms with van der Waals surface area (Å²) < 4.78 is 12.6. The van der Waals surface area contributed by atoms with Gasteiger partial charge in [-0.25, -0.2) is 0 Å². The molecule has 1 aromatic carbocycles. The summed E-state index contributed by atoms with van der Waals surface area (Å²) in [5.41, 5.74) is 2.60. The van der Waals surface area contributed by atoms with Crippen LogP contribution in [0.4, 0.5) is 0 Å². The first-order valence-corrected chi connectivity index (χ1v) is 17.2. The van der Waals surface area contributed by atoms with Crippen molar-refractivity contribution in [1.29, 1.82) is 0 Å². The van der Waals surface area contributed by atoms with Gasteiger partial charge in [-0.05, 0) is 126 Å². The van der Waals surface area contributed by atoms with Crippen molar-refractivity contribution >= 4 is 5.97 Å². The van der Waals surface area contributed by atoms with E-state index >= 15 is 0 Å². The number of hydrogen-bond donors (Lipinski definition) is 3. The number of aliphatic carboxylic acids is 1. The average Bonchev–Trinajstić information content (AvgIpc) is 3.52. The van der Waals surface area contributed by atoms with Gasteiger partial charge in [0.05, 0.1) is 37.5 Å². The summed E-state index contributed by atoms with van der Waals surface area (Å²) in [7, 11) is 0. The summed E-state index contributed by atoms with van der Waals surface area (Å²) in [4.78, 5) is 13.8. The second-order valence-electron chi connectivity index (χ2n) is 14.8. The van der Waals surface area contributed by atoms with E-state index in [1.807, 2.05) is 0 Å². The predicted octanol–water partition coefficient (Wildman–Crippen LogP) is 4.82. The lowest BCUT2D eigenvalue weighted by atomic mass is 9.60. The maximum atomic E-state index is 11.2. The van der Waals surface area contributed by atoms with Crippen molar-refractivity contribution in [2.45, 2.75) is 109 Å². The van der Waals surface area contributed by atoms with E-state index in [9.17, 15) is 9.90 Å². The van der Waals surface area contributed by atoms with Crippen molar-refractivity contribution < 1.29 is 19.4 Å². The Kier molecular flexibility index (Phi) is 8.68. The molecule has 3 N–H and O–H groups in total. The second kappa shape index (κ2) is 12.5. The zero-order valence-electron chi connectivity index (χ0n) is 25.8. The Hall–Kier alpha value is -1.51. The fourth-order valence-corrected chi connectivity index (χ4v) is 10.1. The fourth-order valence-electron chi connectivity index (χ4n) is 10.1. The third kappa shape index (κ3) is 6.19. The molecule has 4 aliphatic carbocycles. The van der Waals surface area contributed by atoms with Crippen molar-refractivity contribution in [2.24, 2.45) is 41.4 Å². The van der Waals surface area contributed by atoms with Gasteiger partial charge in [0.2, 0.25) is 0 Å². The minimum absolute atomic E-state index is 0.0803. The first-order chi connectivity index (χ1) is 20.4. The first-order valence-electron chi connectivity index (χ1n) is 17.2. The number of fused-ring (bicyclic) bond motifs is 4. The molecule has 2 aliphatic heterocycles. The van der Waals surface area contributed by atoms with Crippen LogP contribution in [0.3, 0.4) is 0 Å². The number of ether oxygens (including phenoxy) is 2. The van der Waals surface area contributed by atoms with Crippen molar-refractivity contribution in [2.75, 3.05) is 26.2 Å². The Labute approximate surface area is 252 Å². The smallest absolute Gasteiger partial charge is 0.307 e. The van der Waals surface area contributed by atoms with E-state index in [1.165, 1.54) is 69.2 Å². The zero-order chi connectivity index (χ0) is 28.8. The number of aryl methyl sites for hydroxylation is 1. The molecule has 11 atom stereocenters. The van der Waals surface area contributed by atoms with Gasteiger partial charge < -0.3 is 19.5 Å². The van der Waals surface area contributed by atoms with Crippen LogP contribution >= 0.6 is 0 Å². The number of hydrogen-bond acceptors (Lipinski definition) is 6. The van der Waals surface area contributed by atoms with E-state index in [0.29, 0.717) is 36.2 Å². The molecule has 7 rings (SSSR count). The van der Waals surface area contributed by atoms with Crippen LogP contribution in [0, 0.1) is 48.3 Å². The molecule has 4 saturated carbocycles. The van der Waals surface area contributed by atoms with Gasteiger partial charge in [0.15, 0.2) is 0 Å². The van der Waals surface area contributed by atoms with E-state index in [2.05, 4.69) is 53.6 Å². The Morgan fingerprint density at radius 2 is 1.55 bits per heavy atom. The molecule has 1 aromatic rings. The molecule has 232 valence electrons. The third-order valence-electron chi connectivity index (χ3n) is 12.3. The number of carbonyl (C=O) groups is 1. The molecular formula is C35H53N3O4. The minimum Gasteiger partial charge on any atom is -0.481 e. The van der Waals surface area contributed by atoms with Crippen LogP contribution in [-0.4, -0.2) is 72.7 Å². The molecule has 9 unspecified atom stereocenters. The van der Waals surface area contributed by atoms with E-state index < -0.39 is 5.97 Å². The zero-order valence-corrected chi connectivity index (χ0v) is 25.8. The van der Waals surface area contributed by atoms with Crippen LogP contribution in [0.5, 0.6) is 0 Å². The van der Waals surface area contributed by atoms with Gasteiger partial charge in [0.1, 0.15) is 0 Å². The molecule has 0 aromatic heterocycles. The van der Waals surface area contributed by atoms with E-state index in [4.69, 9.17) is 9.47 Å². The molecule has 0 bridgehead atoms. The second-order valence-corrected chi connectivity index (χ2v) is 14.8. The van der Waals surface area contributed by atoms with Gasteiger partial charge in [-0.1, -0.05) is 29.8 Å². The molecule has 2 saturated heterocycles. The normalized spacial score (nSPS) is 42.0. The molecule has 6 aliphatic rings. The molecule has 0 amide bonds. The molecule has 42 heavy (non-hydrogen) atoms. The van der Waals surface area contributed by atoms with Crippen LogP contribution in [0.25, 0.3) is 0 Å². The summed E-state index contributed by atoms with van der Waals surface area (Å²) in [5.74, 6) is 3.18. The summed E-state index contributed by atoms with van der Waals surface area (Å²) in [6.07, 6.45) is 12.0. The summed E-state index contributed by atoms with van der Waals surface area (Å²) >= 11 is 0. The number of nitrogens with one attached hydrogen (secondary N) is 2. The van der Waals surface area contributed by atoms with Crippen molar-refractivity contribution in [3.05, 3.63) is 35.4 Å². The lowest BCUT2D eigenvalue weighted by molar-refractivity contribution is -0.139. The maximum Gasteiger partial charge on any atom is 0.307 e. The van der Waals surface area contributed by atoms with Gasteiger partial charge in [-0.2, -0.15) is 0 Å². The average molecular weight is 580 g/mol. The van der Waals surface area contributed by atoms with Gasteiger partial charge in [-0.15, -0.1) is 0 Å². The number of nitrogens with zero attached hydrogens (tertiary/aromatic N) is 1. The number of benzene rings is 1. The molecule has 7 nitrogen and oxygen atoms in total. The number of piperidine rings is 1. The maximum absolute atomic E-state index is 11.2. The number of rotatable bonds is 9. The summed E-state index contributed by atoms with van der Waals surface area (Å²) in [5, 5.41) is 17.3. The fraction of sp³-hybridized carbons (Fsp3) is 0.800. The van der Waals surface area contributed by atoms with Crippen LogP contribution in [-0.2, 0) is 20.9 Å². The van der Waals surface area contributed by atoms with Gasteiger partial charge >= 0.3 is 5.97 Å². The molecular weight excluding hydrogens is 526 g/mol. The number of carboxylic acids is 1. The van der Waals surface area contributed by atoms with Crippen molar-refractivity contribution in [3.8, 4) is 0 Å². The van der Waals surface area contributed by atoms with Crippen LogP contribution in [0.2, 0.25) is 0 Å². The highest BCUT2D eigenvalue weighted by molar-refractivity contribution is 5.74. The molecule has 2 heterocycles. The minimum atomic E-state index is -0.602. The SMILES string of the molecule is Cc1ccc(COC2CCC3C(CCC4C(C5CCN(CCOC6C[C@@H]7C(C(=O)O)[C@@H]7C6)CC5)NC(C)NC34)C2)cc1. The topological polar surface area (TPSA) is 83.1 Å². The van der Waals surface area contributed by atoms with E-state index in [1.54, 1.807) is 0 Å².